The molecule has 0 unspecified atom stereocenters. The molecule has 0 aliphatic carbocycles. The van der Waals surface area contributed by atoms with Crippen molar-refractivity contribution in [3.05, 3.63) is 58.7 Å². The van der Waals surface area contributed by atoms with Crippen LogP contribution in [0.3, 0.4) is 0 Å². The van der Waals surface area contributed by atoms with Crippen molar-refractivity contribution in [3.63, 3.8) is 0 Å². The first-order chi connectivity index (χ1) is 17.4. The molecule has 192 valence electrons. The predicted molar refractivity (Wildman–Crippen MR) is 137 cm³/mol. The lowest BCUT2D eigenvalue weighted by Gasteiger charge is -2.37. The second-order valence-corrected chi connectivity index (χ2v) is 9.81. The van der Waals surface area contributed by atoms with E-state index in [0.29, 0.717) is 31.9 Å². The van der Waals surface area contributed by atoms with Gasteiger partial charge in [-0.25, -0.2) is 5.01 Å². The van der Waals surface area contributed by atoms with Crippen LogP contribution in [0.5, 0.6) is 11.5 Å². The second kappa shape index (κ2) is 10.2. The Morgan fingerprint density at radius 3 is 2.47 bits per heavy atom. The SMILES string of the molecule is COc1ccc(OC)c([C@H]2CC(c3ccc(C)cc3C)=NN2C(=O)CN2CCC3(CC2)OCCO3)c1. The second-order valence-electron chi connectivity index (χ2n) is 9.81. The smallest absolute Gasteiger partial charge is 0.257 e. The topological polar surface area (TPSA) is 72.8 Å². The van der Waals surface area contributed by atoms with Crippen LogP contribution in [0.25, 0.3) is 0 Å². The highest BCUT2D eigenvalue weighted by Crippen LogP contribution is 2.40. The van der Waals surface area contributed by atoms with Crippen LogP contribution in [-0.2, 0) is 14.3 Å². The number of hydrazone groups is 1. The van der Waals surface area contributed by atoms with Gasteiger partial charge in [-0.05, 0) is 37.6 Å². The molecule has 0 bridgehead atoms. The van der Waals surface area contributed by atoms with Crippen LogP contribution >= 0.6 is 0 Å². The Morgan fingerprint density at radius 1 is 1.06 bits per heavy atom. The van der Waals surface area contributed by atoms with E-state index in [0.717, 1.165) is 54.1 Å². The number of piperidine rings is 1. The molecule has 0 aromatic heterocycles. The normalized spacial score (nSPS) is 21.6. The molecule has 2 aromatic carbocycles. The average Bonchev–Trinajstić information content (AvgIpc) is 3.53. The van der Waals surface area contributed by atoms with Gasteiger partial charge in [-0.1, -0.05) is 23.8 Å². The van der Waals surface area contributed by atoms with E-state index in [2.05, 4.69) is 36.9 Å². The van der Waals surface area contributed by atoms with E-state index in [1.54, 1.807) is 19.2 Å². The van der Waals surface area contributed by atoms with Gasteiger partial charge in [-0.3, -0.25) is 9.69 Å². The molecule has 1 amide bonds. The van der Waals surface area contributed by atoms with Gasteiger partial charge in [0.2, 0.25) is 0 Å². The molecule has 5 rings (SSSR count). The third-order valence-electron chi connectivity index (χ3n) is 7.44. The molecule has 36 heavy (non-hydrogen) atoms. The van der Waals surface area contributed by atoms with Crippen LogP contribution in [0.15, 0.2) is 41.5 Å². The fourth-order valence-electron chi connectivity index (χ4n) is 5.48. The number of rotatable bonds is 6. The molecule has 2 aromatic rings. The Kier molecular flexibility index (Phi) is 7.01. The van der Waals surface area contributed by atoms with E-state index in [-0.39, 0.29) is 11.9 Å². The highest BCUT2D eigenvalue weighted by atomic mass is 16.7. The minimum absolute atomic E-state index is 0.0335. The van der Waals surface area contributed by atoms with Gasteiger partial charge in [-0.15, -0.1) is 0 Å². The van der Waals surface area contributed by atoms with E-state index < -0.39 is 5.79 Å². The number of hydrogen-bond acceptors (Lipinski definition) is 7. The molecule has 0 radical (unpaired) electrons. The van der Waals surface area contributed by atoms with Crippen LogP contribution in [-0.4, -0.2) is 74.4 Å². The first-order valence-electron chi connectivity index (χ1n) is 12.6. The average molecular weight is 494 g/mol. The fraction of sp³-hybridized carbons (Fsp3) is 0.500. The molecular weight excluding hydrogens is 458 g/mol. The summed E-state index contributed by atoms with van der Waals surface area (Å²) in [6.07, 6.45) is 2.14. The number of benzene rings is 2. The monoisotopic (exact) mass is 493 g/mol. The van der Waals surface area contributed by atoms with Crippen LogP contribution < -0.4 is 9.47 Å². The summed E-state index contributed by atoms with van der Waals surface area (Å²) < 4.78 is 22.9. The van der Waals surface area contributed by atoms with Crippen molar-refractivity contribution in [1.29, 1.82) is 0 Å². The molecule has 2 fully saturated rings. The van der Waals surface area contributed by atoms with Crippen molar-refractivity contribution in [2.75, 3.05) is 47.1 Å². The van der Waals surface area contributed by atoms with Crippen LogP contribution in [0.4, 0.5) is 0 Å². The summed E-state index contributed by atoms with van der Waals surface area (Å²) in [7, 11) is 3.29. The maximum absolute atomic E-state index is 13.7. The molecule has 3 heterocycles. The summed E-state index contributed by atoms with van der Waals surface area (Å²) >= 11 is 0. The lowest BCUT2D eigenvalue weighted by atomic mass is 9.94. The summed E-state index contributed by atoms with van der Waals surface area (Å²) in [6.45, 7) is 7.26. The van der Waals surface area contributed by atoms with Gasteiger partial charge in [0.1, 0.15) is 11.5 Å². The largest absolute Gasteiger partial charge is 0.497 e. The molecular formula is C28H35N3O5. The van der Waals surface area contributed by atoms with Crippen LogP contribution in [0.2, 0.25) is 0 Å². The number of methoxy groups -OCH3 is 2. The zero-order valence-electron chi connectivity index (χ0n) is 21.6. The van der Waals surface area contributed by atoms with Gasteiger partial charge in [0.25, 0.3) is 5.91 Å². The predicted octanol–water partition coefficient (Wildman–Crippen LogP) is 3.84. The van der Waals surface area contributed by atoms with Gasteiger partial charge in [-0.2, -0.15) is 5.10 Å². The van der Waals surface area contributed by atoms with Gasteiger partial charge >= 0.3 is 0 Å². The lowest BCUT2D eigenvalue weighted by molar-refractivity contribution is -0.186. The fourth-order valence-corrected chi connectivity index (χ4v) is 5.48. The highest BCUT2D eigenvalue weighted by molar-refractivity contribution is 6.04. The Labute approximate surface area is 212 Å². The minimum atomic E-state index is -0.460. The number of likely N-dealkylation sites (tertiary alicyclic amines) is 1. The van der Waals surface area contributed by atoms with Gasteiger partial charge in [0, 0.05) is 43.5 Å². The van der Waals surface area contributed by atoms with Crippen molar-refractivity contribution in [3.8, 4) is 11.5 Å². The maximum atomic E-state index is 13.7. The number of carbonyl (C=O) groups is 1. The molecule has 0 saturated carbocycles. The number of amides is 1. The number of hydrogen-bond donors (Lipinski definition) is 0. The third kappa shape index (κ3) is 4.85. The van der Waals surface area contributed by atoms with Crippen molar-refractivity contribution < 1.29 is 23.7 Å². The van der Waals surface area contributed by atoms with Crippen molar-refractivity contribution in [1.82, 2.24) is 9.91 Å². The molecule has 8 nitrogen and oxygen atoms in total. The zero-order valence-corrected chi connectivity index (χ0v) is 21.6. The summed E-state index contributed by atoms with van der Waals surface area (Å²) in [5.74, 6) is 0.939. The number of aryl methyl sites for hydroxylation is 2. The Bertz CT molecular complexity index is 1150. The highest BCUT2D eigenvalue weighted by Gasteiger charge is 2.41. The molecule has 3 aliphatic heterocycles. The van der Waals surface area contributed by atoms with Crippen molar-refractivity contribution in [2.45, 2.75) is 44.9 Å². The Morgan fingerprint density at radius 2 is 1.81 bits per heavy atom. The molecule has 2 saturated heterocycles. The van der Waals surface area contributed by atoms with Crippen molar-refractivity contribution in [2.24, 2.45) is 5.10 Å². The summed E-state index contributed by atoms with van der Waals surface area (Å²) in [5, 5.41) is 6.55. The number of ether oxygens (including phenoxy) is 4. The first kappa shape index (κ1) is 24.7. The van der Waals surface area contributed by atoms with Gasteiger partial charge in [0.15, 0.2) is 5.79 Å². The van der Waals surface area contributed by atoms with E-state index in [9.17, 15) is 4.79 Å². The zero-order chi connectivity index (χ0) is 25.3. The van der Waals surface area contributed by atoms with Crippen molar-refractivity contribution >= 4 is 11.6 Å². The lowest BCUT2D eigenvalue weighted by Crippen LogP contribution is -2.48. The molecule has 3 aliphatic rings. The third-order valence-corrected chi connectivity index (χ3v) is 7.44. The Balaban J connectivity index is 1.42. The van der Waals surface area contributed by atoms with E-state index in [1.165, 1.54) is 5.56 Å². The molecule has 0 N–H and O–H groups in total. The summed E-state index contributed by atoms with van der Waals surface area (Å²) in [4.78, 5) is 15.9. The van der Waals surface area contributed by atoms with Gasteiger partial charge in [0.05, 0.1) is 45.7 Å². The van der Waals surface area contributed by atoms with E-state index in [4.69, 9.17) is 24.0 Å². The minimum Gasteiger partial charge on any atom is -0.497 e. The first-order valence-corrected chi connectivity index (χ1v) is 12.6. The van der Waals surface area contributed by atoms with Gasteiger partial charge < -0.3 is 18.9 Å². The molecule has 8 heteroatoms. The van der Waals surface area contributed by atoms with Crippen LogP contribution in [0, 0.1) is 13.8 Å². The summed E-state index contributed by atoms with van der Waals surface area (Å²) in [6, 6.07) is 11.8. The standard InChI is InChI=1S/C28H35N3O5/c1-19-5-7-22(20(2)15-19)24-17-25(23-16-21(33-3)6-8-26(23)34-4)31(29-24)27(32)18-30-11-9-28(10-12-30)35-13-14-36-28/h5-8,15-16,25H,9-14,17-18H2,1-4H3/t25-/m1/s1. The van der Waals surface area contributed by atoms with Crippen LogP contribution in [0.1, 0.15) is 47.6 Å². The van der Waals surface area contributed by atoms with E-state index in [1.807, 2.05) is 18.2 Å². The Hall–Kier alpha value is -2.94. The quantitative estimate of drug-likeness (QED) is 0.609. The molecule has 1 spiro atoms. The summed E-state index contributed by atoms with van der Waals surface area (Å²) in [5.41, 5.74) is 5.21. The van der Waals surface area contributed by atoms with E-state index >= 15 is 0 Å². The number of carbonyl (C=O) groups excluding carboxylic acids is 1. The maximum Gasteiger partial charge on any atom is 0.257 e. The number of nitrogens with zero attached hydrogens (tertiary/aromatic N) is 3. The molecule has 1 atom stereocenters.